The van der Waals surface area contributed by atoms with Crippen molar-refractivity contribution in [1.82, 2.24) is 0 Å². The highest BCUT2D eigenvalue weighted by molar-refractivity contribution is 6.18. The Bertz CT molecular complexity index is 246. The number of hydrogen-bond donors (Lipinski definition) is 1. The predicted molar refractivity (Wildman–Crippen MR) is 53.3 cm³/mol. The zero-order valence-electron chi connectivity index (χ0n) is 7.53. The van der Waals surface area contributed by atoms with Gasteiger partial charge < -0.3 is 9.84 Å². The minimum atomic E-state index is -0.961. The molecule has 0 bridgehead atoms. The van der Waals surface area contributed by atoms with Gasteiger partial charge in [0.15, 0.2) is 0 Å². The van der Waals surface area contributed by atoms with E-state index in [1.165, 1.54) is 0 Å². The standard InChI is InChI=1S/C10H13ClO2/c1-10(12,7-11)8-13-9-5-3-2-4-6-9/h2-6,12H,7-8H2,1H3. The quantitative estimate of drug-likeness (QED) is 0.754. The summed E-state index contributed by atoms with van der Waals surface area (Å²) in [5, 5.41) is 9.53. The molecule has 1 atom stereocenters. The molecule has 2 nitrogen and oxygen atoms in total. The third kappa shape index (κ3) is 3.66. The summed E-state index contributed by atoms with van der Waals surface area (Å²) >= 11 is 5.53. The number of ether oxygens (including phenoxy) is 1. The summed E-state index contributed by atoms with van der Waals surface area (Å²) in [5.74, 6) is 0.910. The lowest BCUT2D eigenvalue weighted by Gasteiger charge is -2.20. The zero-order valence-corrected chi connectivity index (χ0v) is 8.29. The molecule has 0 spiro atoms. The molecule has 0 saturated carbocycles. The van der Waals surface area contributed by atoms with E-state index < -0.39 is 5.60 Å². The molecule has 0 aliphatic heterocycles. The molecule has 3 heteroatoms. The molecule has 1 N–H and O–H groups in total. The maximum Gasteiger partial charge on any atom is 0.119 e. The smallest absolute Gasteiger partial charge is 0.119 e. The molecule has 0 saturated heterocycles. The highest BCUT2D eigenvalue weighted by atomic mass is 35.5. The maximum absolute atomic E-state index is 9.53. The minimum Gasteiger partial charge on any atom is -0.491 e. The van der Waals surface area contributed by atoms with E-state index in [0.717, 1.165) is 5.75 Å². The Kier molecular flexibility index (Phi) is 3.58. The molecule has 0 aliphatic carbocycles. The molecule has 13 heavy (non-hydrogen) atoms. The number of halogens is 1. The Hall–Kier alpha value is -0.730. The first-order valence-corrected chi connectivity index (χ1v) is 4.64. The van der Waals surface area contributed by atoms with Crippen molar-refractivity contribution in [1.29, 1.82) is 0 Å². The van der Waals surface area contributed by atoms with Gasteiger partial charge in [0.1, 0.15) is 18.0 Å². The molecule has 0 amide bonds. The molecule has 1 unspecified atom stereocenters. The molecule has 0 heterocycles. The first kappa shape index (κ1) is 10.4. The highest BCUT2D eigenvalue weighted by Crippen LogP contribution is 2.12. The van der Waals surface area contributed by atoms with Crippen LogP contribution >= 0.6 is 11.6 Å². The van der Waals surface area contributed by atoms with Crippen molar-refractivity contribution in [2.75, 3.05) is 12.5 Å². The van der Waals surface area contributed by atoms with Crippen LogP contribution in [-0.2, 0) is 0 Å². The van der Waals surface area contributed by atoms with Gasteiger partial charge in [-0.15, -0.1) is 11.6 Å². The van der Waals surface area contributed by atoms with Gasteiger partial charge in [-0.2, -0.15) is 0 Å². The van der Waals surface area contributed by atoms with E-state index in [9.17, 15) is 5.11 Å². The second kappa shape index (κ2) is 4.49. The van der Waals surface area contributed by atoms with Gasteiger partial charge in [0, 0.05) is 0 Å². The first-order chi connectivity index (χ1) is 6.14. The number of hydrogen-bond acceptors (Lipinski definition) is 2. The van der Waals surface area contributed by atoms with E-state index in [2.05, 4.69) is 0 Å². The third-order valence-corrected chi connectivity index (χ3v) is 2.16. The van der Waals surface area contributed by atoms with E-state index in [1.54, 1.807) is 6.92 Å². The second-order valence-corrected chi connectivity index (χ2v) is 3.50. The van der Waals surface area contributed by atoms with E-state index in [1.807, 2.05) is 30.3 Å². The van der Waals surface area contributed by atoms with Crippen molar-refractivity contribution >= 4 is 11.6 Å². The van der Waals surface area contributed by atoms with E-state index in [4.69, 9.17) is 16.3 Å². The van der Waals surface area contributed by atoms with Gasteiger partial charge >= 0.3 is 0 Å². The van der Waals surface area contributed by atoms with Crippen molar-refractivity contribution in [3.05, 3.63) is 30.3 Å². The molecule has 72 valence electrons. The van der Waals surface area contributed by atoms with Crippen LogP contribution < -0.4 is 4.74 Å². The van der Waals surface area contributed by atoms with Crippen LogP contribution in [-0.4, -0.2) is 23.2 Å². The van der Waals surface area contributed by atoms with Crippen LogP contribution in [0.4, 0.5) is 0 Å². The Labute approximate surface area is 83.1 Å². The molecule has 0 aromatic heterocycles. The fourth-order valence-corrected chi connectivity index (χ4v) is 0.871. The van der Waals surface area contributed by atoms with E-state index in [0.29, 0.717) is 0 Å². The molecule has 0 radical (unpaired) electrons. The number of benzene rings is 1. The van der Waals surface area contributed by atoms with Crippen LogP contribution in [0.25, 0.3) is 0 Å². The number of rotatable bonds is 4. The van der Waals surface area contributed by atoms with Crippen LogP contribution in [0.5, 0.6) is 5.75 Å². The number of aliphatic hydroxyl groups is 1. The average Bonchev–Trinajstić information content (AvgIpc) is 2.17. The van der Waals surface area contributed by atoms with E-state index in [-0.39, 0.29) is 12.5 Å². The molecule has 1 aromatic rings. The summed E-state index contributed by atoms with van der Waals surface area (Å²) in [6, 6.07) is 9.34. The monoisotopic (exact) mass is 200 g/mol. The summed E-state index contributed by atoms with van der Waals surface area (Å²) in [7, 11) is 0. The maximum atomic E-state index is 9.53. The lowest BCUT2D eigenvalue weighted by atomic mass is 10.1. The van der Waals surface area contributed by atoms with Gasteiger partial charge in [0.25, 0.3) is 0 Å². The topological polar surface area (TPSA) is 29.5 Å². The zero-order chi connectivity index (χ0) is 9.73. The summed E-state index contributed by atoms with van der Waals surface area (Å²) in [5.41, 5.74) is -0.961. The fourth-order valence-electron chi connectivity index (χ4n) is 0.794. The highest BCUT2D eigenvalue weighted by Gasteiger charge is 2.19. The molecule has 0 fully saturated rings. The first-order valence-electron chi connectivity index (χ1n) is 4.10. The van der Waals surface area contributed by atoms with Crippen LogP contribution in [0, 0.1) is 0 Å². The molecular formula is C10H13ClO2. The molecular weight excluding hydrogens is 188 g/mol. The van der Waals surface area contributed by atoms with Crippen LogP contribution in [0.2, 0.25) is 0 Å². The second-order valence-electron chi connectivity index (χ2n) is 3.23. The van der Waals surface area contributed by atoms with Gasteiger partial charge in [-0.1, -0.05) is 18.2 Å². The van der Waals surface area contributed by atoms with Crippen molar-refractivity contribution in [3.63, 3.8) is 0 Å². The Morgan fingerprint density at radius 2 is 2.00 bits per heavy atom. The lowest BCUT2D eigenvalue weighted by molar-refractivity contribution is 0.0316. The summed E-state index contributed by atoms with van der Waals surface area (Å²) < 4.78 is 5.33. The average molecular weight is 201 g/mol. The van der Waals surface area contributed by atoms with E-state index >= 15 is 0 Å². The van der Waals surface area contributed by atoms with Gasteiger partial charge in [0.2, 0.25) is 0 Å². The van der Waals surface area contributed by atoms with Gasteiger partial charge in [-0.05, 0) is 19.1 Å². The molecule has 1 aromatic carbocycles. The summed E-state index contributed by atoms with van der Waals surface area (Å²) in [4.78, 5) is 0. The Morgan fingerprint density at radius 1 is 1.38 bits per heavy atom. The lowest BCUT2D eigenvalue weighted by Crippen LogP contribution is -2.34. The fraction of sp³-hybridized carbons (Fsp3) is 0.400. The van der Waals surface area contributed by atoms with Crippen molar-refractivity contribution in [2.45, 2.75) is 12.5 Å². The summed E-state index contributed by atoms with van der Waals surface area (Å²) in [6.07, 6.45) is 0. The summed E-state index contributed by atoms with van der Waals surface area (Å²) in [6.45, 7) is 1.85. The number of alkyl halides is 1. The van der Waals surface area contributed by atoms with Crippen LogP contribution in [0.3, 0.4) is 0 Å². The van der Waals surface area contributed by atoms with Crippen LogP contribution in [0.1, 0.15) is 6.92 Å². The molecule has 0 aliphatic rings. The third-order valence-electron chi connectivity index (χ3n) is 1.58. The SMILES string of the molecule is CC(O)(CCl)COc1ccccc1. The predicted octanol–water partition coefficient (Wildman–Crippen LogP) is 2.06. The van der Waals surface area contributed by atoms with Gasteiger partial charge in [-0.3, -0.25) is 0 Å². The normalized spacial score (nSPS) is 15.0. The van der Waals surface area contributed by atoms with Gasteiger partial charge in [-0.25, -0.2) is 0 Å². The van der Waals surface area contributed by atoms with Crippen molar-refractivity contribution < 1.29 is 9.84 Å². The van der Waals surface area contributed by atoms with Gasteiger partial charge in [0.05, 0.1) is 5.88 Å². The minimum absolute atomic E-state index is 0.167. The Morgan fingerprint density at radius 3 is 2.54 bits per heavy atom. The van der Waals surface area contributed by atoms with Crippen LogP contribution in [0.15, 0.2) is 30.3 Å². The Balaban J connectivity index is 2.44. The van der Waals surface area contributed by atoms with Crippen molar-refractivity contribution in [3.8, 4) is 5.75 Å². The van der Waals surface area contributed by atoms with Crippen molar-refractivity contribution in [2.24, 2.45) is 0 Å². The largest absolute Gasteiger partial charge is 0.491 e. The number of para-hydroxylation sites is 1. The molecule has 1 rings (SSSR count).